The highest BCUT2D eigenvalue weighted by Gasteiger charge is 2.45. The van der Waals surface area contributed by atoms with Crippen molar-refractivity contribution in [1.29, 1.82) is 0 Å². The SMILES string of the molecule is COC(=O)N1CC2(CCNC2)CC1C. The fraction of sp³-hybridized carbons (Fsp3) is 0.900. The first-order valence-electron chi connectivity index (χ1n) is 5.22. The summed E-state index contributed by atoms with van der Waals surface area (Å²) in [6.07, 6.45) is 2.11. The summed E-state index contributed by atoms with van der Waals surface area (Å²) >= 11 is 0. The molecule has 0 aromatic carbocycles. The van der Waals surface area contributed by atoms with Gasteiger partial charge < -0.3 is 15.0 Å². The molecule has 0 aromatic heterocycles. The van der Waals surface area contributed by atoms with Crippen molar-refractivity contribution in [1.82, 2.24) is 10.2 Å². The number of nitrogens with one attached hydrogen (secondary N) is 1. The Morgan fingerprint density at radius 3 is 3.00 bits per heavy atom. The Hall–Kier alpha value is -0.770. The maximum absolute atomic E-state index is 11.4. The molecule has 2 fully saturated rings. The summed E-state index contributed by atoms with van der Waals surface area (Å²) in [6.45, 7) is 5.09. The molecule has 0 radical (unpaired) electrons. The molecule has 4 nitrogen and oxygen atoms in total. The van der Waals surface area contributed by atoms with Crippen molar-refractivity contribution in [3.05, 3.63) is 0 Å². The van der Waals surface area contributed by atoms with Gasteiger partial charge in [0.05, 0.1) is 7.11 Å². The van der Waals surface area contributed by atoms with E-state index in [0.29, 0.717) is 11.5 Å². The summed E-state index contributed by atoms with van der Waals surface area (Å²) in [5.41, 5.74) is 0.327. The Labute approximate surface area is 84.6 Å². The molecule has 2 rings (SSSR count). The van der Waals surface area contributed by atoms with Crippen LogP contribution in [0, 0.1) is 5.41 Å². The molecule has 1 N–H and O–H groups in total. The summed E-state index contributed by atoms with van der Waals surface area (Å²) in [5.74, 6) is 0. The van der Waals surface area contributed by atoms with Gasteiger partial charge in [0.25, 0.3) is 0 Å². The Morgan fingerprint density at radius 2 is 2.43 bits per heavy atom. The highest BCUT2D eigenvalue weighted by molar-refractivity contribution is 5.68. The van der Waals surface area contributed by atoms with Gasteiger partial charge in [0.2, 0.25) is 0 Å². The quantitative estimate of drug-likeness (QED) is 0.626. The Bertz CT molecular complexity index is 236. The van der Waals surface area contributed by atoms with E-state index in [1.165, 1.54) is 13.5 Å². The van der Waals surface area contributed by atoms with Gasteiger partial charge in [-0.15, -0.1) is 0 Å². The lowest BCUT2D eigenvalue weighted by Crippen LogP contribution is -2.35. The van der Waals surface area contributed by atoms with Crippen LogP contribution in [0.15, 0.2) is 0 Å². The average Bonchev–Trinajstić information content (AvgIpc) is 2.74. The van der Waals surface area contributed by atoms with E-state index in [0.717, 1.165) is 26.1 Å². The second-order valence-electron chi connectivity index (χ2n) is 4.58. The summed E-state index contributed by atoms with van der Waals surface area (Å²) in [5, 5.41) is 3.37. The van der Waals surface area contributed by atoms with Gasteiger partial charge in [-0.3, -0.25) is 0 Å². The van der Waals surface area contributed by atoms with Crippen LogP contribution in [-0.4, -0.2) is 43.8 Å². The first-order chi connectivity index (χ1) is 6.67. The van der Waals surface area contributed by atoms with Crippen molar-refractivity contribution < 1.29 is 9.53 Å². The fourth-order valence-electron chi connectivity index (χ4n) is 2.79. The first-order valence-corrected chi connectivity index (χ1v) is 5.22. The number of rotatable bonds is 0. The van der Waals surface area contributed by atoms with Crippen LogP contribution in [-0.2, 0) is 4.74 Å². The predicted octanol–water partition coefficient (Wildman–Crippen LogP) is 0.827. The molecule has 2 heterocycles. The number of carbonyl (C=O) groups excluding carboxylic acids is 1. The minimum Gasteiger partial charge on any atom is -0.453 e. The number of nitrogens with zero attached hydrogens (tertiary/aromatic N) is 1. The lowest BCUT2D eigenvalue weighted by Gasteiger charge is -2.22. The molecule has 1 spiro atoms. The van der Waals surface area contributed by atoms with Crippen LogP contribution in [0.5, 0.6) is 0 Å². The van der Waals surface area contributed by atoms with Gasteiger partial charge in [0.1, 0.15) is 0 Å². The van der Waals surface area contributed by atoms with E-state index in [4.69, 9.17) is 4.74 Å². The van der Waals surface area contributed by atoms with Crippen LogP contribution in [0.25, 0.3) is 0 Å². The van der Waals surface area contributed by atoms with E-state index in [9.17, 15) is 4.79 Å². The Balaban J connectivity index is 2.06. The molecule has 14 heavy (non-hydrogen) atoms. The van der Waals surface area contributed by atoms with Crippen molar-refractivity contribution in [3.63, 3.8) is 0 Å². The summed E-state index contributed by atoms with van der Waals surface area (Å²) in [4.78, 5) is 13.3. The second kappa shape index (κ2) is 3.42. The highest BCUT2D eigenvalue weighted by atomic mass is 16.5. The molecule has 0 aromatic rings. The minimum atomic E-state index is -0.179. The molecule has 2 unspecified atom stereocenters. The standard InChI is InChI=1S/C10H18N2O2/c1-8-5-10(3-4-11-6-10)7-12(8)9(13)14-2/h8,11H,3-7H2,1-2H3. The maximum Gasteiger partial charge on any atom is 0.409 e. The van der Waals surface area contributed by atoms with E-state index in [1.807, 2.05) is 4.90 Å². The summed E-state index contributed by atoms with van der Waals surface area (Å²) < 4.78 is 4.77. The minimum absolute atomic E-state index is 0.179. The van der Waals surface area contributed by atoms with Crippen LogP contribution in [0.1, 0.15) is 19.8 Å². The van der Waals surface area contributed by atoms with Crippen molar-refractivity contribution in [2.24, 2.45) is 5.41 Å². The molecule has 2 atom stereocenters. The van der Waals surface area contributed by atoms with Gasteiger partial charge in [-0.05, 0) is 26.3 Å². The molecule has 2 aliphatic rings. The summed E-state index contributed by atoms with van der Waals surface area (Å²) in [6, 6.07) is 0.322. The van der Waals surface area contributed by atoms with E-state index < -0.39 is 0 Å². The lowest BCUT2D eigenvalue weighted by atomic mass is 9.85. The molecule has 1 amide bonds. The second-order valence-corrected chi connectivity index (χ2v) is 4.58. The van der Waals surface area contributed by atoms with Crippen molar-refractivity contribution >= 4 is 6.09 Å². The smallest absolute Gasteiger partial charge is 0.409 e. The van der Waals surface area contributed by atoms with Gasteiger partial charge >= 0.3 is 6.09 Å². The molecule has 80 valence electrons. The first kappa shape index (κ1) is 9.77. The van der Waals surface area contributed by atoms with Crippen LogP contribution in [0.2, 0.25) is 0 Å². The molecule has 2 saturated heterocycles. The molecule has 0 bridgehead atoms. The van der Waals surface area contributed by atoms with Crippen LogP contribution in [0.4, 0.5) is 4.79 Å². The van der Waals surface area contributed by atoms with Gasteiger partial charge in [0, 0.05) is 24.5 Å². The van der Waals surface area contributed by atoms with Crippen LogP contribution >= 0.6 is 0 Å². The molecular weight excluding hydrogens is 180 g/mol. The number of carbonyl (C=O) groups is 1. The van der Waals surface area contributed by atoms with Gasteiger partial charge in [-0.25, -0.2) is 4.79 Å². The fourth-order valence-corrected chi connectivity index (χ4v) is 2.79. The zero-order chi connectivity index (χ0) is 10.2. The number of hydrogen-bond donors (Lipinski definition) is 1. The van der Waals surface area contributed by atoms with E-state index in [1.54, 1.807) is 0 Å². The van der Waals surface area contributed by atoms with Gasteiger partial charge in [-0.2, -0.15) is 0 Å². The summed E-state index contributed by atoms with van der Waals surface area (Å²) in [7, 11) is 1.45. The normalized spacial score (nSPS) is 36.7. The molecule has 4 heteroatoms. The van der Waals surface area contributed by atoms with Crippen molar-refractivity contribution in [2.45, 2.75) is 25.8 Å². The third-order valence-electron chi connectivity index (χ3n) is 3.51. The topological polar surface area (TPSA) is 41.6 Å². The van der Waals surface area contributed by atoms with Crippen LogP contribution in [0.3, 0.4) is 0 Å². The number of ether oxygens (including phenoxy) is 1. The van der Waals surface area contributed by atoms with E-state index in [-0.39, 0.29) is 6.09 Å². The number of hydrogen-bond acceptors (Lipinski definition) is 3. The number of methoxy groups -OCH3 is 1. The van der Waals surface area contributed by atoms with Gasteiger partial charge in [0.15, 0.2) is 0 Å². The average molecular weight is 198 g/mol. The Morgan fingerprint density at radius 1 is 1.64 bits per heavy atom. The van der Waals surface area contributed by atoms with E-state index >= 15 is 0 Å². The number of likely N-dealkylation sites (tertiary alicyclic amines) is 1. The zero-order valence-corrected chi connectivity index (χ0v) is 8.88. The largest absolute Gasteiger partial charge is 0.453 e. The molecule has 2 aliphatic heterocycles. The Kier molecular flexibility index (Phi) is 2.39. The maximum atomic E-state index is 11.4. The zero-order valence-electron chi connectivity index (χ0n) is 8.88. The third kappa shape index (κ3) is 1.47. The van der Waals surface area contributed by atoms with Crippen LogP contribution < -0.4 is 5.32 Å². The van der Waals surface area contributed by atoms with Crippen molar-refractivity contribution in [3.8, 4) is 0 Å². The monoisotopic (exact) mass is 198 g/mol. The van der Waals surface area contributed by atoms with E-state index in [2.05, 4.69) is 12.2 Å². The highest BCUT2D eigenvalue weighted by Crippen LogP contribution is 2.39. The third-order valence-corrected chi connectivity index (χ3v) is 3.51. The van der Waals surface area contributed by atoms with Gasteiger partial charge in [-0.1, -0.05) is 0 Å². The predicted molar refractivity (Wildman–Crippen MR) is 53.1 cm³/mol. The lowest BCUT2D eigenvalue weighted by molar-refractivity contribution is 0.118. The molecule has 0 aliphatic carbocycles. The molecule has 0 saturated carbocycles. The van der Waals surface area contributed by atoms with Crippen molar-refractivity contribution in [2.75, 3.05) is 26.7 Å². The number of amides is 1. The molecular formula is C10H18N2O2.